The summed E-state index contributed by atoms with van der Waals surface area (Å²) >= 11 is 0. The largest absolute Gasteiger partial charge is 0.538 e. The number of nitrogens with zero attached hydrogens (tertiary/aromatic N) is 2. The predicted octanol–water partition coefficient (Wildman–Crippen LogP) is 2.28. The Morgan fingerprint density at radius 2 is 1.87 bits per heavy atom. The smallest absolute Gasteiger partial charge is 0.222 e. The van der Waals surface area contributed by atoms with Crippen LogP contribution in [0.1, 0.15) is 5.56 Å². The summed E-state index contributed by atoms with van der Waals surface area (Å²) in [6, 6.07) is 7.24. The number of benzene rings is 1. The van der Waals surface area contributed by atoms with Gasteiger partial charge in [-0.05, 0) is 17.7 Å². The Balaban J connectivity index is 1.88. The molecule has 1 aromatic carbocycles. The van der Waals surface area contributed by atoms with Crippen molar-refractivity contribution in [2.45, 2.75) is 0 Å². The van der Waals surface area contributed by atoms with E-state index in [1.54, 1.807) is 18.2 Å². The van der Waals surface area contributed by atoms with Gasteiger partial charge in [0.1, 0.15) is 0 Å². The third kappa shape index (κ3) is 1.31. The van der Waals surface area contributed by atoms with Gasteiger partial charge in [0, 0.05) is 0 Å². The molecule has 3 heterocycles. The number of hydrogen-bond acceptors (Lipinski definition) is 6. The second-order valence-corrected chi connectivity index (χ2v) is 4.38. The standard InChI is InChI=1S/C8H7N2O4P/c1-2-7-3-5-8(6-4-7)9-10-13-15(11,12-9)14-10/h2-6H,1H2. The average molecular weight is 226 g/mol. The van der Waals surface area contributed by atoms with Gasteiger partial charge < -0.3 is 0 Å². The van der Waals surface area contributed by atoms with Crippen LogP contribution >= 0.6 is 7.82 Å². The maximum Gasteiger partial charge on any atom is 0.538 e. The highest BCUT2D eigenvalue weighted by molar-refractivity contribution is 7.49. The van der Waals surface area contributed by atoms with Crippen LogP contribution in [0.2, 0.25) is 0 Å². The van der Waals surface area contributed by atoms with Crippen molar-refractivity contribution in [1.82, 2.24) is 5.34 Å². The van der Waals surface area contributed by atoms with Crippen LogP contribution in [0.15, 0.2) is 30.8 Å². The predicted molar refractivity (Wildman–Crippen MR) is 51.7 cm³/mol. The molecule has 2 bridgehead atoms. The minimum atomic E-state index is -3.31. The van der Waals surface area contributed by atoms with Crippen LogP contribution in [0.25, 0.3) is 6.08 Å². The molecule has 0 saturated carbocycles. The van der Waals surface area contributed by atoms with E-state index < -0.39 is 7.82 Å². The van der Waals surface area contributed by atoms with E-state index in [1.165, 1.54) is 5.17 Å². The van der Waals surface area contributed by atoms with E-state index in [9.17, 15) is 4.57 Å². The molecule has 0 aliphatic carbocycles. The van der Waals surface area contributed by atoms with Crippen LogP contribution in [0.4, 0.5) is 5.69 Å². The lowest BCUT2D eigenvalue weighted by Gasteiger charge is -2.21. The van der Waals surface area contributed by atoms with E-state index in [0.717, 1.165) is 10.9 Å². The molecule has 7 heteroatoms. The summed E-state index contributed by atoms with van der Waals surface area (Å²) < 4.78 is 25.6. The van der Waals surface area contributed by atoms with Gasteiger partial charge in [-0.3, -0.25) is 0 Å². The first-order valence-electron chi connectivity index (χ1n) is 4.22. The molecule has 0 N–H and O–H groups in total. The zero-order valence-corrected chi connectivity index (χ0v) is 8.46. The number of phosphoric acid groups is 1. The molecule has 0 radical (unpaired) electrons. The highest BCUT2D eigenvalue weighted by Crippen LogP contribution is 2.67. The van der Waals surface area contributed by atoms with Gasteiger partial charge in [-0.25, -0.2) is 4.57 Å². The van der Waals surface area contributed by atoms with Crippen molar-refractivity contribution >= 4 is 19.6 Å². The molecule has 0 amide bonds. The minimum Gasteiger partial charge on any atom is -0.222 e. The van der Waals surface area contributed by atoms with Gasteiger partial charge in [0.05, 0.1) is 11.0 Å². The number of fused-ring (bicyclic) bond motifs is 1. The minimum absolute atomic E-state index is 0.663. The van der Waals surface area contributed by atoms with Crippen LogP contribution in [0.5, 0.6) is 0 Å². The van der Waals surface area contributed by atoms with Crippen molar-refractivity contribution in [3.8, 4) is 0 Å². The maximum absolute atomic E-state index is 11.2. The highest BCUT2D eigenvalue weighted by atomic mass is 31.2. The lowest BCUT2D eigenvalue weighted by molar-refractivity contribution is -0.318. The third-order valence-corrected chi connectivity index (χ3v) is 3.05. The highest BCUT2D eigenvalue weighted by Gasteiger charge is 2.60. The molecular formula is C8H7N2O4P. The van der Waals surface area contributed by atoms with Gasteiger partial charge in [0.25, 0.3) is 0 Å². The van der Waals surface area contributed by atoms with Gasteiger partial charge in [0.15, 0.2) is 0 Å². The van der Waals surface area contributed by atoms with Crippen LogP contribution in [-0.2, 0) is 18.4 Å². The lowest BCUT2D eigenvalue weighted by atomic mass is 10.2. The average Bonchev–Trinajstić information content (AvgIpc) is 2.71. The molecule has 3 fully saturated rings. The molecule has 0 aromatic heterocycles. The van der Waals surface area contributed by atoms with Crippen molar-refractivity contribution in [3.05, 3.63) is 36.4 Å². The summed E-state index contributed by atoms with van der Waals surface area (Å²) in [5.41, 5.74) is 1.64. The van der Waals surface area contributed by atoms with Crippen molar-refractivity contribution < 1.29 is 18.4 Å². The summed E-state index contributed by atoms with van der Waals surface area (Å²) in [6.45, 7) is 3.64. The zero-order chi connectivity index (χ0) is 10.5. The topological polar surface area (TPSA) is 51.2 Å². The summed E-state index contributed by atoms with van der Waals surface area (Å²) in [6.07, 6.45) is 1.73. The fourth-order valence-corrected chi connectivity index (χ4v) is 2.17. The number of anilines is 1. The van der Waals surface area contributed by atoms with E-state index >= 15 is 0 Å². The summed E-state index contributed by atoms with van der Waals surface area (Å²) in [5.74, 6) is 0. The summed E-state index contributed by atoms with van der Waals surface area (Å²) in [4.78, 5) is 0. The first-order chi connectivity index (χ1) is 7.20. The van der Waals surface area contributed by atoms with Crippen molar-refractivity contribution in [1.29, 1.82) is 0 Å². The monoisotopic (exact) mass is 226 g/mol. The molecule has 3 saturated heterocycles. The molecule has 6 nitrogen and oxygen atoms in total. The van der Waals surface area contributed by atoms with Crippen LogP contribution < -0.4 is 5.17 Å². The molecule has 3 aliphatic rings. The first kappa shape index (κ1) is 9.08. The Kier molecular flexibility index (Phi) is 1.76. The first-order valence-corrected chi connectivity index (χ1v) is 5.68. The Hall–Kier alpha value is -1.17. The SMILES string of the molecule is C=Cc1ccc(N2OP3(=O)ON2O3)cc1. The third-order valence-electron chi connectivity index (χ3n) is 2.02. The Bertz CT molecular complexity index is 450. The van der Waals surface area contributed by atoms with E-state index in [2.05, 4.69) is 6.58 Å². The summed E-state index contributed by atoms with van der Waals surface area (Å²) in [7, 11) is -3.31. The number of hydrogen-bond donors (Lipinski definition) is 0. The second-order valence-electron chi connectivity index (χ2n) is 3.00. The number of hydrazine groups is 1. The Labute approximate surface area is 85.7 Å². The molecule has 0 atom stereocenters. The van der Waals surface area contributed by atoms with E-state index in [-0.39, 0.29) is 0 Å². The molecule has 1 aromatic rings. The van der Waals surface area contributed by atoms with Gasteiger partial charge in [0.2, 0.25) is 0 Å². The maximum atomic E-state index is 11.2. The van der Waals surface area contributed by atoms with Gasteiger partial charge in [-0.1, -0.05) is 24.8 Å². The van der Waals surface area contributed by atoms with E-state index in [0.29, 0.717) is 5.69 Å². The van der Waals surface area contributed by atoms with Crippen molar-refractivity contribution in [2.75, 3.05) is 5.17 Å². The fourth-order valence-electron chi connectivity index (χ4n) is 1.28. The van der Waals surface area contributed by atoms with Crippen molar-refractivity contribution in [2.24, 2.45) is 0 Å². The second kappa shape index (κ2) is 2.91. The van der Waals surface area contributed by atoms with E-state index in [4.69, 9.17) is 13.9 Å². The molecule has 78 valence electrons. The van der Waals surface area contributed by atoms with Crippen LogP contribution in [-0.4, -0.2) is 5.34 Å². The lowest BCUT2D eigenvalue weighted by Crippen LogP contribution is -2.34. The normalized spacial score (nSPS) is 32.5. The molecule has 0 spiro atoms. The van der Waals surface area contributed by atoms with Gasteiger partial charge in [-0.15, -0.1) is 19.0 Å². The van der Waals surface area contributed by atoms with Gasteiger partial charge in [-0.2, -0.15) is 0 Å². The van der Waals surface area contributed by atoms with Crippen LogP contribution in [0.3, 0.4) is 0 Å². The van der Waals surface area contributed by atoms with Gasteiger partial charge >= 0.3 is 7.82 Å². The van der Waals surface area contributed by atoms with Crippen LogP contribution in [0, 0.1) is 0 Å². The summed E-state index contributed by atoms with van der Waals surface area (Å²) in [5, 5.41) is 2.12. The Morgan fingerprint density at radius 3 is 2.33 bits per heavy atom. The number of rotatable bonds is 2. The molecule has 4 rings (SSSR count). The molecular weight excluding hydrogens is 219 g/mol. The Morgan fingerprint density at radius 1 is 1.20 bits per heavy atom. The fraction of sp³-hybridized carbons (Fsp3) is 0. The van der Waals surface area contributed by atoms with E-state index in [1.807, 2.05) is 12.1 Å². The zero-order valence-electron chi connectivity index (χ0n) is 7.57. The van der Waals surface area contributed by atoms with Crippen molar-refractivity contribution in [3.63, 3.8) is 0 Å². The molecule has 15 heavy (non-hydrogen) atoms. The molecule has 0 unspecified atom stereocenters. The quantitative estimate of drug-likeness (QED) is 0.721. The molecule has 3 aliphatic heterocycles.